The lowest BCUT2D eigenvalue weighted by atomic mass is 10.3. The van der Waals surface area contributed by atoms with E-state index in [0.29, 0.717) is 0 Å². The molecule has 0 aliphatic carbocycles. The molecule has 0 spiro atoms. The number of rotatable bonds is 12. The first-order valence-electron chi connectivity index (χ1n) is 12.8. The zero-order chi connectivity index (χ0) is 25.6. The molecule has 0 heterocycles. The Balaban J connectivity index is -0.000000162. The molecule has 0 rings (SSSR count). The van der Waals surface area contributed by atoms with E-state index in [1.54, 1.807) is 0 Å². The zero-order valence-corrected chi connectivity index (χ0v) is 24.4. The highest BCUT2D eigenvalue weighted by atomic mass is 31.2. The fraction of sp³-hybridized carbons (Fsp3) is 1.00. The molecule has 0 radical (unpaired) electrons. The van der Waals surface area contributed by atoms with Crippen LogP contribution in [0.4, 0.5) is 0 Å². The highest BCUT2D eigenvalue weighted by Gasteiger charge is 2.17. The van der Waals surface area contributed by atoms with Crippen molar-refractivity contribution < 1.29 is 28.1 Å². The lowest BCUT2D eigenvalue weighted by Crippen LogP contribution is -2.47. The molecule has 0 amide bonds. The Morgan fingerprint density at radius 2 is 0.387 bits per heavy atom. The van der Waals surface area contributed by atoms with Crippen molar-refractivity contribution in [2.24, 2.45) is 0 Å². The predicted molar refractivity (Wildman–Crippen MR) is 134 cm³/mol. The van der Waals surface area contributed by atoms with Crippen molar-refractivity contribution in [3.05, 3.63) is 0 Å². The smallest absolute Gasteiger partial charge is 0.0757 e. The molecule has 0 aromatic carbocycles. The summed E-state index contributed by atoms with van der Waals surface area (Å²) in [5.41, 5.74) is 0. The SMILES string of the molecule is CC[N+](CC)(CC)CC.CC[N+](CC)(CC)CC.CC[N+](CC)(CC)CC.[O-]P([O-])[O-]. The summed E-state index contributed by atoms with van der Waals surface area (Å²) in [6.45, 7) is 42.7. The number of nitrogens with zero attached hydrogens (tertiary/aromatic N) is 3. The summed E-state index contributed by atoms with van der Waals surface area (Å²) in [4.78, 5) is 25.4. The molecular weight excluding hydrogens is 409 g/mol. The van der Waals surface area contributed by atoms with E-state index in [2.05, 4.69) is 83.1 Å². The zero-order valence-electron chi connectivity index (χ0n) is 23.5. The molecule has 6 nitrogen and oxygen atoms in total. The van der Waals surface area contributed by atoms with Gasteiger partial charge in [-0.15, -0.1) is 0 Å². The Kier molecular flexibility index (Phi) is 29.0. The van der Waals surface area contributed by atoms with Gasteiger partial charge in [-0.05, 0) is 83.1 Å². The molecule has 0 aliphatic rings. The van der Waals surface area contributed by atoms with Crippen molar-refractivity contribution in [2.45, 2.75) is 83.1 Å². The predicted octanol–water partition coefficient (Wildman–Crippen LogP) is 2.94. The van der Waals surface area contributed by atoms with Gasteiger partial charge in [0, 0.05) is 0 Å². The minimum absolute atomic E-state index is 1.28. The van der Waals surface area contributed by atoms with Crippen LogP contribution in [-0.2, 0) is 0 Å². The standard InChI is InChI=1S/3C8H20N.O3P/c3*1-5-9(6-2,7-3)8-4;1-4(2)3/h3*5-8H2,1-4H3;/q3*+1;-3. The Morgan fingerprint density at radius 1 is 0.323 bits per heavy atom. The van der Waals surface area contributed by atoms with Crippen LogP contribution in [0.1, 0.15) is 83.1 Å². The number of hydrogen-bond acceptors (Lipinski definition) is 3. The molecule has 0 saturated carbocycles. The topological polar surface area (TPSA) is 69.2 Å². The second kappa shape index (κ2) is 23.4. The van der Waals surface area contributed by atoms with E-state index in [9.17, 15) is 0 Å². The molecule has 0 saturated heterocycles. The second-order valence-corrected chi connectivity index (χ2v) is 8.49. The summed E-state index contributed by atoms with van der Waals surface area (Å²) in [6, 6.07) is 0. The van der Waals surface area contributed by atoms with Crippen LogP contribution in [0.5, 0.6) is 0 Å². The molecule has 0 fully saturated rings. The molecule has 7 heteroatoms. The van der Waals surface area contributed by atoms with Crippen molar-refractivity contribution in [3.63, 3.8) is 0 Å². The number of quaternary nitrogens is 3. The van der Waals surface area contributed by atoms with Crippen molar-refractivity contribution in [2.75, 3.05) is 78.5 Å². The van der Waals surface area contributed by atoms with Crippen molar-refractivity contribution >= 4 is 8.60 Å². The average Bonchev–Trinajstić information content (AvgIpc) is 2.80. The first-order valence-corrected chi connectivity index (χ1v) is 13.9. The van der Waals surface area contributed by atoms with E-state index < -0.39 is 8.60 Å². The van der Waals surface area contributed by atoms with Crippen LogP contribution < -0.4 is 14.7 Å². The molecular formula is C24H60N3O3P. The third-order valence-electron chi connectivity index (χ3n) is 8.05. The van der Waals surface area contributed by atoms with E-state index in [4.69, 9.17) is 14.7 Å². The monoisotopic (exact) mass is 469 g/mol. The summed E-state index contributed by atoms with van der Waals surface area (Å²) in [5.74, 6) is 0. The minimum Gasteiger partial charge on any atom is -0.854 e. The quantitative estimate of drug-likeness (QED) is 0.326. The first-order chi connectivity index (χ1) is 14.5. The molecule has 0 N–H and O–H groups in total. The average molecular weight is 470 g/mol. The Bertz CT molecular complexity index is 244. The molecule has 194 valence electrons. The maximum absolute atomic E-state index is 8.48. The summed E-state index contributed by atoms with van der Waals surface area (Å²) in [6.07, 6.45) is 0. The van der Waals surface area contributed by atoms with Gasteiger partial charge in [0.1, 0.15) is 0 Å². The van der Waals surface area contributed by atoms with Crippen LogP contribution in [0.2, 0.25) is 0 Å². The van der Waals surface area contributed by atoms with E-state index in [1.165, 1.54) is 92.0 Å². The van der Waals surface area contributed by atoms with Gasteiger partial charge in [0.2, 0.25) is 0 Å². The van der Waals surface area contributed by atoms with Gasteiger partial charge >= 0.3 is 0 Å². The minimum atomic E-state index is -3.37. The van der Waals surface area contributed by atoms with Gasteiger partial charge in [-0.3, -0.25) is 0 Å². The van der Waals surface area contributed by atoms with Gasteiger partial charge in [-0.25, -0.2) is 0 Å². The van der Waals surface area contributed by atoms with E-state index >= 15 is 0 Å². The summed E-state index contributed by atoms with van der Waals surface area (Å²) < 4.78 is 3.83. The fourth-order valence-corrected chi connectivity index (χ4v) is 4.02. The van der Waals surface area contributed by atoms with Crippen LogP contribution in [0.25, 0.3) is 0 Å². The molecule has 0 atom stereocenters. The van der Waals surface area contributed by atoms with Gasteiger partial charge < -0.3 is 36.7 Å². The maximum Gasteiger partial charge on any atom is 0.0757 e. The van der Waals surface area contributed by atoms with Crippen LogP contribution in [-0.4, -0.2) is 92.0 Å². The highest BCUT2D eigenvalue weighted by Crippen LogP contribution is 2.04. The molecule has 0 unspecified atom stereocenters. The second-order valence-electron chi connectivity index (χ2n) is 8.04. The molecule has 0 aromatic heterocycles. The van der Waals surface area contributed by atoms with Gasteiger partial charge in [0.15, 0.2) is 0 Å². The Labute approximate surface area is 198 Å². The van der Waals surface area contributed by atoms with Crippen LogP contribution in [0.15, 0.2) is 0 Å². The normalized spacial score (nSPS) is 11.6. The Hall–Kier alpha value is 0.190. The van der Waals surface area contributed by atoms with E-state index in [-0.39, 0.29) is 0 Å². The lowest BCUT2D eigenvalue weighted by Gasteiger charge is -2.39. The van der Waals surface area contributed by atoms with Gasteiger partial charge in [-0.2, -0.15) is 0 Å². The molecule has 0 bridgehead atoms. The third-order valence-corrected chi connectivity index (χ3v) is 8.05. The third kappa shape index (κ3) is 18.3. The van der Waals surface area contributed by atoms with E-state index in [0.717, 1.165) is 0 Å². The molecule has 31 heavy (non-hydrogen) atoms. The van der Waals surface area contributed by atoms with Gasteiger partial charge in [0.25, 0.3) is 0 Å². The maximum atomic E-state index is 8.48. The summed E-state index contributed by atoms with van der Waals surface area (Å²) >= 11 is 0. The largest absolute Gasteiger partial charge is 0.854 e. The van der Waals surface area contributed by atoms with Crippen molar-refractivity contribution in [1.29, 1.82) is 0 Å². The van der Waals surface area contributed by atoms with Gasteiger partial charge in [-0.1, -0.05) is 0 Å². The van der Waals surface area contributed by atoms with E-state index in [1.807, 2.05) is 0 Å². The first kappa shape index (κ1) is 38.5. The van der Waals surface area contributed by atoms with Crippen molar-refractivity contribution in [1.82, 2.24) is 0 Å². The number of hydrogen-bond donors (Lipinski definition) is 0. The summed E-state index contributed by atoms with van der Waals surface area (Å²) in [5, 5.41) is 0. The van der Waals surface area contributed by atoms with Crippen molar-refractivity contribution in [3.8, 4) is 0 Å². The lowest BCUT2D eigenvalue weighted by molar-refractivity contribution is -0.921. The molecule has 0 aromatic rings. The van der Waals surface area contributed by atoms with Crippen LogP contribution in [0, 0.1) is 0 Å². The summed E-state index contributed by atoms with van der Waals surface area (Å²) in [7, 11) is -3.37. The molecule has 0 aliphatic heterocycles. The Morgan fingerprint density at radius 3 is 0.387 bits per heavy atom. The fourth-order valence-electron chi connectivity index (χ4n) is 4.02. The highest BCUT2D eigenvalue weighted by molar-refractivity contribution is 7.33. The van der Waals surface area contributed by atoms with Crippen LogP contribution in [0.3, 0.4) is 0 Å². The van der Waals surface area contributed by atoms with Gasteiger partial charge in [0.05, 0.1) is 78.5 Å². The van der Waals surface area contributed by atoms with Crippen LogP contribution >= 0.6 is 8.60 Å².